The number of rotatable bonds is 6. The predicted octanol–water partition coefficient (Wildman–Crippen LogP) is 1.89. The maximum Gasteiger partial charge on any atom is 0.303 e. The first-order valence-electron chi connectivity index (χ1n) is 4.88. The van der Waals surface area contributed by atoms with Crippen LogP contribution < -0.4 is 0 Å². The van der Waals surface area contributed by atoms with E-state index in [0.717, 1.165) is 12.8 Å². The van der Waals surface area contributed by atoms with Crippen molar-refractivity contribution in [3.05, 3.63) is 0 Å². The summed E-state index contributed by atoms with van der Waals surface area (Å²) < 4.78 is 0. The summed E-state index contributed by atoms with van der Waals surface area (Å²) in [5.74, 6) is -0.660. The average molecular weight is 188 g/mol. The van der Waals surface area contributed by atoms with Gasteiger partial charge in [0.25, 0.3) is 0 Å². The zero-order chi connectivity index (χ0) is 10.4. The van der Waals surface area contributed by atoms with Crippen molar-refractivity contribution < 1.29 is 15.0 Å². The van der Waals surface area contributed by atoms with Crippen molar-refractivity contribution in [1.29, 1.82) is 0 Å². The summed E-state index contributed by atoms with van der Waals surface area (Å²) in [5.41, 5.74) is 0. The molecule has 0 radical (unpaired) electrons. The monoisotopic (exact) mass is 188 g/mol. The van der Waals surface area contributed by atoms with E-state index in [0.29, 0.717) is 0 Å². The summed E-state index contributed by atoms with van der Waals surface area (Å²) in [4.78, 5) is 10.5. The van der Waals surface area contributed by atoms with Gasteiger partial charge in [0.15, 0.2) is 0 Å². The maximum atomic E-state index is 10.5. The van der Waals surface area contributed by atoms with Crippen molar-refractivity contribution in [1.82, 2.24) is 0 Å². The molecule has 0 rings (SSSR count). The van der Waals surface area contributed by atoms with Crippen LogP contribution in [0, 0.1) is 11.8 Å². The van der Waals surface area contributed by atoms with E-state index in [1.165, 1.54) is 0 Å². The van der Waals surface area contributed by atoms with E-state index in [9.17, 15) is 9.90 Å². The van der Waals surface area contributed by atoms with E-state index in [1.807, 2.05) is 6.92 Å². The van der Waals surface area contributed by atoms with Crippen LogP contribution in [0.15, 0.2) is 0 Å². The molecule has 3 atom stereocenters. The average Bonchev–Trinajstić information content (AvgIpc) is 1.99. The lowest BCUT2D eigenvalue weighted by Gasteiger charge is -2.24. The van der Waals surface area contributed by atoms with Crippen molar-refractivity contribution in [2.45, 2.75) is 46.1 Å². The van der Waals surface area contributed by atoms with Gasteiger partial charge in [-0.25, -0.2) is 0 Å². The second kappa shape index (κ2) is 5.97. The summed E-state index contributed by atoms with van der Waals surface area (Å²) in [6.07, 6.45) is 1.55. The third kappa shape index (κ3) is 4.88. The highest BCUT2D eigenvalue weighted by molar-refractivity contribution is 5.67. The Morgan fingerprint density at radius 2 is 1.92 bits per heavy atom. The van der Waals surface area contributed by atoms with Crippen LogP contribution in [0.25, 0.3) is 0 Å². The zero-order valence-corrected chi connectivity index (χ0v) is 8.66. The topological polar surface area (TPSA) is 57.5 Å². The summed E-state index contributed by atoms with van der Waals surface area (Å²) in [7, 11) is 0. The fourth-order valence-electron chi connectivity index (χ4n) is 1.72. The summed E-state index contributed by atoms with van der Waals surface area (Å²) in [6.45, 7) is 5.74. The van der Waals surface area contributed by atoms with Crippen molar-refractivity contribution >= 4 is 5.97 Å². The molecule has 0 saturated carbocycles. The van der Waals surface area contributed by atoms with Crippen LogP contribution in [0.2, 0.25) is 0 Å². The Balaban J connectivity index is 4.14. The summed E-state index contributed by atoms with van der Waals surface area (Å²) >= 11 is 0. The van der Waals surface area contributed by atoms with Gasteiger partial charge < -0.3 is 10.2 Å². The summed E-state index contributed by atoms with van der Waals surface area (Å²) in [6, 6.07) is 0. The Morgan fingerprint density at radius 1 is 1.38 bits per heavy atom. The van der Waals surface area contributed by atoms with Gasteiger partial charge in [-0.15, -0.1) is 0 Å². The predicted molar refractivity (Wildman–Crippen MR) is 51.5 cm³/mol. The molecule has 3 heteroatoms. The molecule has 13 heavy (non-hydrogen) atoms. The van der Waals surface area contributed by atoms with Crippen molar-refractivity contribution in [2.75, 3.05) is 0 Å². The Morgan fingerprint density at radius 3 is 2.23 bits per heavy atom. The molecule has 78 valence electrons. The molecular formula is C10H20O3. The van der Waals surface area contributed by atoms with Gasteiger partial charge in [0, 0.05) is 0 Å². The van der Waals surface area contributed by atoms with Gasteiger partial charge in [0.2, 0.25) is 0 Å². The Hall–Kier alpha value is -0.570. The minimum atomic E-state index is -0.825. The second-order valence-electron chi connectivity index (χ2n) is 3.77. The number of hydrogen-bond acceptors (Lipinski definition) is 2. The van der Waals surface area contributed by atoms with E-state index in [2.05, 4.69) is 6.92 Å². The van der Waals surface area contributed by atoms with E-state index < -0.39 is 12.1 Å². The molecule has 0 aromatic rings. The van der Waals surface area contributed by atoms with Crippen LogP contribution in [-0.2, 0) is 4.79 Å². The van der Waals surface area contributed by atoms with Gasteiger partial charge in [-0.1, -0.05) is 26.7 Å². The molecule has 0 saturated heterocycles. The van der Waals surface area contributed by atoms with Gasteiger partial charge in [-0.05, 0) is 18.8 Å². The molecule has 0 aliphatic heterocycles. The van der Waals surface area contributed by atoms with Crippen LogP contribution in [0.5, 0.6) is 0 Å². The minimum Gasteiger partial charge on any atom is -0.481 e. The number of aliphatic carboxylic acids is 1. The van der Waals surface area contributed by atoms with Gasteiger partial charge in [-0.3, -0.25) is 4.79 Å². The molecule has 0 heterocycles. The normalized spacial score (nSPS) is 17.8. The Labute approximate surface area is 79.8 Å². The fourth-order valence-corrected chi connectivity index (χ4v) is 1.72. The van der Waals surface area contributed by atoms with Crippen LogP contribution in [0.3, 0.4) is 0 Å². The van der Waals surface area contributed by atoms with Crippen LogP contribution >= 0.6 is 0 Å². The lowest BCUT2D eigenvalue weighted by atomic mass is 9.84. The zero-order valence-electron chi connectivity index (χ0n) is 8.66. The third-order valence-electron chi connectivity index (χ3n) is 2.50. The molecule has 2 N–H and O–H groups in total. The molecule has 0 amide bonds. The molecule has 0 aliphatic rings. The van der Waals surface area contributed by atoms with E-state index in [4.69, 9.17) is 5.11 Å². The Kier molecular flexibility index (Phi) is 5.71. The molecule has 0 spiro atoms. The van der Waals surface area contributed by atoms with E-state index in [1.54, 1.807) is 6.92 Å². The quantitative estimate of drug-likeness (QED) is 0.669. The standard InChI is InChI=1S/C10H20O3/c1-4-5-7(2)9(8(3)11)6-10(12)13/h7-9,11H,4-6H2,1-3H3,(H,12,13). The first-order valence-corrected chi connectivity index (χ1v) is 4.88. The SMILES string of the molecule is CCCC(C)C(CC(=O)O)C(C)O. The van der Waals surface area contributed by atoms with Crippen LogP contribution in [0.1, 0.15) is 40.0 Å². The molecule has 0 aromatic heterocycles. The van der Waals surface area contributed by atoms with Gasteiger partial charge in [-0.2, -0.15) is 0 Å². The molecule has 3 unspecified atom stereocenters. The number of aliphatic hydroxyl groups is 1. The highest BCUT2D eigenvalue weighted by atomic mass is 16.4. The summed E-state index contributed by atoms with van der Waals surface area (Å²) in [5, 5.41) is 18.0. The smallest absolute Gasteiger partial charge is 0.303 e. The third-order valence-corrected chi connectivity index (χ3v) is 2.50. The molecule has 0 aliphatic carbocycles. The van der Waals surface area contributed by atoms with Crippen molar-refractivity contribution in [3.63, 3.8) is 0 Å². The van der Waals surface area contributed by atoms with Crippen LogP contribution in [-0.4, -0.2) is 22.3 Å². The number of hydrogen-bond donors (Lipinski definition) is 2. The molecular weight excluding hydrogens is 168 g/mol. The highest BCUT2D eigenvalue weighted by Crippen LogP contribution is 2.23. The van der Waals surface area contributed by atoms with Crippen molar-refractivity contribution in [3.8, 4) is 0 Å². The van der Waals surface area contributed by atoms with Gasteiger partial charge in [0.05, 0.1) is 12.5 Å². The maximum absolute atomic E-state index is 10.5. The first kappa shape index (κ1) is 12.4. The van der Waals surface area contributed by atoms with E-state index in [-0.39, 0.29) is 18.3 Å². The molecule has 0 fully saturated rings. The van der Waals surface area contributed by atoms with Crippen LogP contribution in [0.4, 0.5) is 0 Å². The fraction of sp³-hybridized carbons (Fsp3) is 0.900. The molecule has 0 aromatic carbocycles. The number of aliphatic hydroxyl groups excluding tert-OH is 1. The van der Waals surface area contributed by atoms with Gasteiger partial charge >= 0.3 is 5.97 Å². The lowest BCUT2D eigenvalue weighted by Crippen LogP contribution is -2.26. The largest absolute Gasteiger partial charge is 0.481 e. The van der Waals surface area contributed by atoms with Crippen molar-refractivity contribution in [2.24, 2.45) is 11.8 Å². The number of carboxylic acids is 1. The van der Waals surface area contributed by atoms with Gasteiger partial charge in [0.1, 0.15) is 0 Å². The highest BCUT2D eigenvalue weighted by Gasteiger charge is 2.24. The number of carboxylic acid groups (broad SMARTS) is 1. The van der Waals surface area contributed by atoms with E-state index >= 15 is 0 Å². The molecule has 0 bridgehead atoms. The second-order valence-corrected chi connectivity index (χ2v) is 3.77. The Bertz CT molecular complexity index is 154. The first-order chi connectivity index (χ1) is 5.99. The minimum absolute atomic E-state index is 0.0683. The lowest BCUT2D eigenvalue weighted by molar-refractivity contribution is -0.139. The number of carbonyl (C=O) groups is 1. The molecule has 3 nitrogen and oxygen atoms in total.